The number of carboxylic acid groups (broad SMARTS) is 1. The van der Waals surface area contributed by atoms with Crippen LogP contribution in [-0.2, 0) is 4.79 Å². The van der Waals surface area contributed by atoms with Gasteiger partial charge in [-0.3, -0.25) is 0 Å². The number of carboxylic acids is 1. The van der Waals surface area contributed by atoms with Crippen molar-refractivity contribution in [2.45, 2.75) is 18.9 Å². The van der Waals surface area contributed by atoms with Gasteiger partial charge in [0.25, 0.3) is 0 Å². The van der Waals surface area contributed by atoms with E-state index in [0.29, 0.717) is 0 Å². The van der Waals surface area contributed by atoms with E-state index in [1.54, 1.807) is 12.1 Å². The van der Waals surface area contributed by atoms with Crippen molar-refractivity contribution in [1.29, 1.82) is 0 Å². The van der Waals surface area contributed by atoms with Gasteiger partial charge in [-0.05, 0) is 31.5 Å². The number of carbonyl (C=O) groups excluding carboxylic acids is 1. The number of carbonyl (C=O) groups is 2. The van der Waals surface area contributed by atoms with E-state index in [1.807, 2.05) is 0 Å². The maximum atomic E-state index is 11.7. The zero-order valence-corrected chi connectivity index (χ0v) is 9.18. The molecule has 0 saturated carbocycles. The summed E-state index contributed by atoms with van der Waals surface area (Å²) in [6.07, 6.45) is 1.66. The Balaban J connectivity index is 2.12. The number of aromatic carboxylic acids is 1. The average molecular weight is 235 g/mol. The van der Waals surface area contributed by atoms with Crippen LogP contribution in [0.3, 0.4) is 0 Å². The summed E-state index contributed by atoms with van der Waals surface area (Å²) in [7, 11) is 0. The average Bonchev–Trinajstić information content (AvgIpc) is 2.83. The fourth-order valence-electron chi connectivity index (χ4n) is 1.80. The molecular formula is C12H13NO4. The van der Waals surface area contributed by atoms with E-state index in [-0.39, 0.29) is 17.4 Å². The van der Waals surface area contributed by atoms with Crippen LogP contribution in [0, 0.1) is 0 Å². The predicted octanol–water partition coefficient (Wildman–Crippen LogP) is 1.04. The molecule has 0 aliphatic carbocycles. The van der Waals surface area contributed by atoms with Crippen LogP contribution >= 0.6 is 0 Å². The van der Waals surface area contributed by atoms with Crippen LogP contribution in [0.5, 0.6) is 5.75 Å². The molecule has 1 saturated heterocycles. The lowest BCUT2D eigenvalue weighted by atomic mass is 10.2. The van der Waals surface area contributed by atoms with Crippen molar-refractivity contribution in [2.75, 3.05) is 6.54 Å². The fourth-order valence-corrected chi connectivity index (χ4v) is 1.80. The molecule has 1 aliphatic rings. The maximum absolute atomic E-state index is 11.7. The van der Waals surface area contributed by atoms with Crippen molar-refractivity contribution in [1.82, 2.24) is 5.32 Å². The molecule has 1 heterocycles. The Morgan fingerprint density at radius 2 is 2.12 bits per heavy atom. The van der Waals surface area contributed by atoms with E-state index in [0.717, 1.165) is 19.4 Å². The summed E-state index contributed by atoms with van der Waals surface area (Å²) in [6.45, 7) is 0.792. The molecule has 5 nitrogen and oxygen atoms in total. The Hall–Kier alpha value is -1.88. The highest BCUT2D eigenvalue weighted by Crippen LogP contribution is 2.19. The molecule has 0 radical (unpaired) electrons. The van der Waals surface area contributed by atoms with Gasteiger partial charge >= 0.3 is 11.9 Å². The summed E-state index contributed by atoms with van der Waals surface area (Å²) in [5.41, 5.74) is -0.00107. The van der Waals surface area contributed by atoms with E-state index in [1.165, 1.54) is 12.1 Å². The number of hydrogen-bond acceptors (Lipinski definition) is 4. The van der Waals surface area contributed by atoms with Gasteiger partial charge in [0.1, 0.15) is 17.4 Å². The van der Waals surface area contributed by atoms with Crippen LogP contribution in [0.1, 0.15) is 23.2 Å². The van der Waals surface area contributed by atoms with Gasteiger partial charge in [0.15, 0.2) is 0 Å². The third-order valence-corrected chi connectivity index (χ3v) is 2.67. The zero-order chi connectivity index (χ0) is 12.3. The number of esters is 1. The number of benzene rings is 1. The fraction of sp³-hybridized carbons (Fsp3) is 0.333. The van der Waals surface area contributed by atoms with Crippen LogP contribution < -0.4 is 10.1 Å². The number of nitrogens with one attached hydrogen (secondary N) is 1. The molecule has 0 amide bonds. The van der Waals surface area contributed by atoms with Gasteiger partial charge in [-0.1, -0.05) is 12.1 Å². The lowest BCUT2D eigenvalue weighted by molar-refractivity contribution is -0.136. The first-order chi connectivity index (χ1) is 8.18. The van der Waals surface area contributed by atoms with Crippen molar-refractivity contribution in [3.8, 4) is 5.75 Å². The Morgan fingerprint density at radius 1 is 1.35 bits per heavy atom. The van der Waals surface area contributed by atoms with Gasteiger partial charge < -0.3 is 15.2 Å². The van der Waals surface area contributed by atoms with Gasteiger partial charge in [-0.2, -0.15) is 0 Å². The third-order valence-electron chi connectivity index (χ3n) is 2.67. The third kappa shape index (κ3) is 2.62. The van der Waals surface area contributed by atoms with E-state index in [2.05, 4.69) is 5.32 Å². The van der Waals surface area contributed by atoms with Crippen LogP contribution in [0.25, 0.3) is 0 Å². The Morgan fingerprint density at radius 3 is 2.76 bits per heavy atom. The molecule has 1 atom stereocenters. The molecule has 2 N–H and O–H groups in total. The normalized spacial score (nSPS) is 18.9. The quantitative estimate of drug-likeness (QED) is 0.604. The first-order valence-corrected chi connectivity index (χ1v) is 5.46. The number of ether oxygens (including phenoxy) is 1. The second kappa shape index (κ2) is 4.97. The molecular weight excluding hydrogens is 222 g/mol. The van der Waals surface area contributed by atoms with Crippen LogP contribution in [0.4, 0.5) is 0 Å². The molecule has 0 unspecified atom stereocenters. The van der Waals surface area contributed by atoms with E-state index in [9.17, 15) is 9.59 Å². The molecule has 1 aromatic carbocycles. The largest absolute Gasteiger partial charge is 0.478 e. The smallest absolute Gasteiger partial charge is 0.339 e. The lowest BCUT2D eigenvalue weighted by Crippen LogP contribution is -2.34. The highest BCUT2D eigenvalue weighted by atomic mass is 16.5. The highest BCUT2D eigenvalue weighted by molar-refractivity contribution is 5.92. The second-order valence-electron chi connectivity index (χ2n) is 3.87. The lowest BCUT2D eigenvalue weighted by Gasteiger charge is -2.11. The minimum Gasteiger partial charge on any atom is -0.478 e. The molecule has 1 aromatic rings. The number of para-hydroxylation sites is 1. The van der Waals surface area contributed by atoms with Crippen molar-refractivity contribution < 1.29 is 19.4 Å². The van der Waals surface area contributed by atoms with Crippen molar-refractivity contribution in [3.05, 3.63) is 29.8 Å². The zero-order valence-electron chi connectivity index (χ0n) is 9.18. The molecule has 5 heteroatoms. The number of rotatable bonds is 3. The van der Waals surface area contributed by atoms with Gasteiger partial charge in [0.05, 0.1) is 0 Å². The minimum absolute atomic E-state index is 0.00107. The SMILES string of the molecule is O=C(O)c1ccccc1OC(=O)[C@@H]1CCCN1. The summed E-state index contributed by atoms with van der Waals surface area (Å²) < 4.78 is 5.11. The molecule has 0 spiro atoms. The summed E-state index contributed by atoms with van der Waals surface area (Å²) in [5, 5.41) is 11.9. The van der Waals surface area contributed by atoms with Gasteiger partial charge in [-0.25, -0.2) is 9.59 Å². The second-order valence-corrected chi connectivity index (χ2v) is 3.87. The minimum atomic E-state index is -1.10. The van der Waals surface area contributed by atoms with Crippen LogP contribution in [0.2, 0.25) is 0 Å². The molecule has 90 valence electrons. The van der Waals surface area contributed by atoms with E-state index < -0.39 is 11.9 Å². The maximum Gasteiger partial charge on any atom is 0.339 e. The van der Waals surface area contributed by atoms with Gasteiger partial charge in [0, 0.05) is 0 Å². The molecule has 2 rings (SSSR count). The topological polar surface area (TPSA) is 75.6 Å². The van der Waals surface area contributed by atoms with Crippen LogP contribution in [-0.4, -0.2) is 29.6 Å². The Bertz CT molecular complexity index is 438. The molecule has 1 fully saturated rings. The molecule has 0 aromatic heterocycles. The Labute approximate surface area is 98.4 Å². The van der Waals surface area contributed by atoms with E-state index >= 15 is 0 Å². The van der Waals surface area contributed by atoms with E-state index in [4.69, 9.17) is 9.84 Å². The summed E-state index contributed by atoms with van der Waals surface area (Å²) in [5.74, 6) is -1.43. The summed E-state index contributed by atoms with van der Waals surface area (Å²) >= 11 is 0. The molecule has 1 aliphatic heterocycles. The Kier molecular flexibility index (Phi) is 3.39. The van der Waals surface area contributed by atoms with Crippen molar-refractivity contribution in [3.63, 3.8) is 0 Å². The summed E-state index contributed by atoms with van der Waals surface area (Å²) in [4.78, 5) is 22.6. The van der Waals surface area contributed by atoms with Crippen molar-refractivity contribution in [2.24, 2.45) is 0 Å². The summed E-state index contributed by atoms with van der Waals surface area (Å²) in [6, 6.07) is 5.80. The first-order valence-electron chi connectivity index (χ1n) is 5.46. The highest BCUT2D eigenvalue weighted by Gasteiger charge is 2.25. The van der Waals surface area contributed by atoms with Gasteiger partial charge in [0.2, 0.25) is 0 Å². The first kappa shape index (κ1) is 11.6. The predicted molar refractivity (Wildman–Crippen MR) is 60.1 cm³/mol. The van der Waals surface area contributed by atoms with Gasteiger partial charge in [-0.15, -0.1) is 0 Å². The number of hydrogen-bond donors (Lipinski definition) is 2. The van der Waals surface area contributed by atoms with Crippen molar-refractivity contribution >= 4 is 11.9 Å². The standard InChI is InChI=1S/C12H13NO4/c14-11(15)8-4-1-2-6-10(8)17-12(16)9-5-3-7-13-9/h1-2,4,6,9,13H,3,5,7H2,(H,14,15)/t9-/m0/s1. The monoisotopic (exact) mass is 235 g/mol. The molecule has 17 heavy (non-hydrogen) atoms. The van der Waals surface area contributed by atoms with Crippen LogP contribution in [0.15, 0.2) is 24.3 Å². The molecule has 0 bridgehead atoms.